The van der Waals surface area contributed by atoms with E-state index in [1.54, 1.807) is 19.4 Å². The fourth-order valence-corrected chi connectivity index (χ4v) is 2.72. The number of aromatic hydroxyl groups is 2. The molecule has 0 amide bonds. The van der Waals surface area contributed by atoms with Gasteiger partial charge in [-0.1, -0.05) is 0 Å². The van der Waals surface area contributed by atoms with Gasteiger partial charge in [0, 0.05) is 28.7 Å². The van der Waals surface area contributed by atoms with Gasteiger partial charge in [0.1, 0.15) is 11.5 Å². The first-order valence-electron chi connectivity index (χ1n) is 7.22. The predicted octanol–water partition coefficient (Wildman–Crippen LogP) is 3.20. The second kappa shape index (κ2) is 5.06. The fraction of sp³-hybridized carbons (Fsp3) is 0.0556. The highest BCUT2D eigenvalue weighted by Crippen LogP contribution is 2.39. The number of carbonyl (C=O) groups is 1. The van der Waals surface area contributed by atoms with Crippen LogP contribution in [0.3, 0.4) is 0 Å². The summed E-state index contributed by atoms with van der Waals surface area (Å²) in [7, 11) is 1.59. The zero-order chi connectivity index (χ0) is 16.8. The number of hydrogen-bond acceptors (Lipinski definition) is 5. The van der Waals surface area contributed by atoms with Gasteiger partial charge in [-0.05, 0) is 30.3 Å². The quantitative estimate of drug-likeness (QED) is 0.497. The molecule has 0 radical (unpaired) electrons. The van der Waals surface area contributed by atoms with Crippen molar-refractivity contribution in [1.82, 2.24) is 4.98 Å². The molecule has 0 saturated heterocycles. The van der Waals surface area contributed by atoms with Gasteiger partial charge in [-0.2, -0.15) is 0 Å². The van der Waals surface area contributed by atoms with Crippen molar-refractivity contribution in [3.05, 3.63) is 53.4 Å². The molecule has 0 unspecified atom stereocenters. The predicted molar refractivity (Wildman–Crippen MR) is 87.6 cm³/mol. The third-order valence-corrected chi connectivity index (χ3v) is 3.97. The first-order chi connectivity index (χ1) is 11.6. The van der Waals surface area contributed by atoms with Crippen LogP contribution in [-0.2, 0) is 0 Å². The molecule has 24 heavy (non-hydrogen) atoms. The van der Waals surface area contributed by atoms with Crippen LogP contribution in [0.5, 0.6) is 23.0 Å². The number of methoxy groups -OCH3 is 1. The highest BCUT2D eigenvalue weighted by molar-refractivity contribution is 6.15. The van der Waals surface area contributed by atoms with Crippen LogP contribution < -0.4 is 9.47 Å². The van der Waals surface area contributed by atoms with E-state index in [4.69, 9.17) is 9.47 Å². The summed E-state index contributed by atoms with van der Waals surface area (Å²) >= 11 is 0. The smallest absolute Gasteiger partial charge is 0.232 e. The summed E-state index contributed by atoms with van der Waals surface area (Å²) in [5.41, 5.74) is 1.89. The van der Waals surface area contributed by atoms with Crippen molar-refractivity contribution in [2.75, 3.05) is 7.11 Å². The van der Waals surface area contributed by atoms with E-state index in [-0.39, 0.29) is 34.4 Å². The van der Waals surface area contributed by atoms with Crippen LogP contribution in [0.15, 0.2) is 42.3 Å². The minimum Gasteiger partial charge on any atom is -0.504 e. The van der Waals surface area contributed by atoms with Gasteiger partial charge in [0.25, 0.3) is 0 Å². The molecule has 2 heterocycles. The first-order valence-corrected chi connectivity index (χ1v) is 7.22. The summed E-state index contributed by atoms with van der Waals surface area (Å²) in [5.74, 6) is 0.0113. The third-order valence-electron chi connectivity index (χ3n) is 3.97. The zero-order valence-corrected chi connectivity index (χ0v) is 12.7. The van der Waals surface area contributed by atoms with Crippen molar-refractivity contribution < 1.29 is 24.5 Å². The number of nitrogens with one attached hydrogen (secondary N) is 1. The third kappa shape index (κ3) is 2.08. The van der Waals surface area contributed by atoms with E-state index in [0.29, 0.717) is 5.75 Å². The number of ketones is 1. The Labute approximate surface area is 136 Å². The van der Waals surface area contributed by atoms with Crippen LogP contribution in [0.1, 0.15) is 15.9 Å². The minimum absolute atomic E-state index is 0.124. The Morgan fingerprint density at radius 3 is 2.75 bits per heavy atom. The molecule has 1 aliphatic heterocycles. The second-order valence-corrected chi connectivity index (χ2v) is 5.43. The number of aromatic amines is 1. The summed E-state index contributed by atoms with van der Waals surface area (Å²) in [6.45, 7) is 0. The molecule has 3 N–H and O–H groups in total. The lowest BCUT2D eigenvalue weighted by Gasteiger charge is -2.01. The number of allylic oxidation sites excluding steroid dienone is 1. The number of aromatic nitrogens is 1. The number of hydrogen-bond donors (Lipinski definition) is 3. The first kappa shape index (κ1) is 14.2. The summed E-state index contributed by atoms with van der Waals surface area (Å²) in [5, 5.41) is 20.0. The van der Waals surface area contributed by atoms with E-state index in [9.17, 15) is 15.0 Å². The van der Waals surface area contributed by atoms with E-state index in [1.165, 1.54) is 12.1 Å². The maximum atomic E-state index is 12.4. The molecule has 4 rings (SSSR count). The number of benzene rings is 2. The van der Waals surface area contributed by atoms with Gasteiger partial charge in [0.2, 0.25) is 5.78 Å². The number of H-pyrrole nitrogens is 1. The summed E-state index contributed by atoms with van der Waals surface area (Å²) in [4.78, 5) is 15.5. The van der Waals surface area contributed by atoms with Crippen molar-refractivity contribution in [2.45, 2.75) is 0 Å². The standard InChI is InChI=1S/C18H13NO5/c1-23-10-2-3-13-11(5-10)9(8-19-13)4-17-18(22)12-6-14(20)15(21)7-16(12)24-17/h2-8,19-21H,1H3. The normalized spacial score (nSPS) is 14.9. The van der Waals surface area contributed by atoms with E-state index in [2.05, 4.69) is 4.98 Å². The number of phenols is 2. The molecule has 1 aliphatic rings. The molecule has 2 aromatic carbocycles. The van der Waals surface area contributed by atoms with Gasteiger partial charge < -0.3 is 24.7 Å². The molecule has 0 aliphatic carbocycles. The maximum Gasteiger partial charge on any atom is 0.232 e. The number of carbonyl (C=O) groups excluding carboxylic acids is 1. The highest BCUT2D eigenvalue weighted by atomic mass is 16.5. The van der Waals surface area contributed by atoms with Gasteiger partial charge in [-0.3, -0.25) is 4.79 Å². The molecule has 0 atom stereocenters. The number of fused-ring (bicyclic) bond motifs is 2. The number of ether oxygens (including phenoxy) is 2. The Bertz CT molecular complexity index is 1020. The molecule has 0 fully saturated rings. The monoisotopic (exact) mass is 323 g/mol. The van der Waals surface area contributed by atoms with Crippen molar-refractivity contribution in [2.24, 2.45) is 0 Å². The van der Waals surface area contributed by atoms with E-state index in [1.807, 2.05) is 18.2 Å². The maximum absolute atomic E-state index is 12.4. The fourth-order valence-electron chi connectivity index (χ4n) is 2.72. The molecule has 120 valence electrons. The lowest BCUT2D eigenvalue weighted by molar-refractivity contribution is 0.101. The van der Waals surface area contributed by atoms with Crippen molar-refractivity contribution in [3.63, 3.8) is 0 Å². The van der Waals surface area contributed by atoms with Crippen LogP contribution in [0.25, 0.3) is 17.0 Å². The summed E-state index contributed by atoms with van der Waals surface area (Å²) in [6, 6.07) is 8.02. The zero-order valence-electron chi connectivity index (χ0n) is 12.7. The second-order valence-electron chi connectivity index (χ2n) is 5.43. The minimum atomic E-state index is -0.358. The largest absolute Gasteiger partial charge is 0.504 e. The Hall–Kier alpha value is -3.41. The van der Waals surface area contributed by atoms with Gasteiger partial charge in [-0.15, -0.1) is 0 Å². The Balaban J connectivity index is 1.79. The molecule has 1 aromatic heterocycles. The molecule has 0 saturated carbocycles. The van der Waals surface area contributed by atoms with Crippen LogP contribution in [0, 0.1) is 0 Å². The van der Waals surface area contributed by atoms with Crippen LogP contribution >= 0.6 is 0 Å². The molecule has 3 aromatic rings. The summed E-state index contributed by atoms with van der Waals surface area (Å²) < 4.78 is 10.8. The molecule has 0 spiro atoms. The van der Waals surface area contributed by atoms with Gasteiger partial charge in [0.15, 0.2) is 17.3 Å². The molecular formula is C18H13NO5. The van der Waals surface area contributed by atoms with Crippen LogP contribution in [0.4, 0.5) is 0 Å². The van der Waals surface area contributed by atoms with E-state index < -0.39 is 0 Å². The highest BCUT2D eigenvalue weighted by Gasteiger charge is 2.29. The molecule has 0 bridgehead atoms. The van der Waals surface area contributed by atoms with Gasteiger partial charge >= 0.3 is 0 Å². The number of phenolic OH excluding ortho intramolecular Hbond substituents is 2. The number of rotatable bonds is 2. The van der Waals surface area contributed by atoms with Crippen LogP contribution in [0.2, 0.25) is 0 Å². The SMILES string of the molecule is COc1ccc2[nH]cc(C=C3Oc4cc(O)c(O)cc4C3=O)c2c1. The Morgan fingerprint density at radius 2 is 1.96 bits per heavy atom. The van der Waals surface area contributed by atoms with Crippen LogP contribution in [-0.4, -0.2) is 28.1 Å². The molecule has 6 nitrogen and oxygen atoms in total. The molecular weight excluding hydrogens is 310 g/mol. The lowest BCUT2D eigenvalue weighted by Crippen LogP contribution is -1.97. The topological polar surface area (TPSA) is 91.8 Å². The van der Waals surface area contributed by atoms with Crippen molar-refractivity contribution in [1.29, 1.82) is 0 Å². The van der Waals surface area contributed by atoms with E-state index >= 15 is 0 Å². The summed E-state index contributed by atoms with van der Waals surface area (Å²) in [6.07, 6.45) is 3.39. The van der Waals surface area contributed by atoms with E-state index in [0.717, 1.165) is 16.5 Å². The van der Waals surface area contributed by atoms with Crippen molar-refractivity contribution in [3.8, 4) is 23.0 Å². The Morgan fingerprint density at radius 1 is 1.17 bits per heavy atom. The average Bonchev–Trinajstić information content (AvgIpc) is 3.11. The lowest BCUT2D eigenvalue weighted by atomic mass is 10.1. The average molecular weight is 323 g/mol. The van der Waals surface area contributed by atoms with Gasteiger partial charge in [-0.25, -0.2) is 0 Å². The molecule has 6 heteroatoms. The van der Waals surface area contributed by atoms with Gasteiger partial charge in [0.05, 0.1) is 12.7 Å². The Kier molecular flexibility index (Phi) is 2.99. The van der Waals surface area contributed by atoms with Crippen molar-refractivity contribution >= 4 is 22.8 Å². The number of Topliss-reactive ketones (excluding diaryl/α,β-unsaturated/α-hetero) is 1.